The van der Waals surface area contributed by atoms with E-state index in [9.17, 15) is 0 Å². The van der Waals surface area contributed by atoms with Crippen LogP contribution in [-0.4, -0.2) is 36.3 Å². The molecule has 0 radical (unpaired) electrons. The van der Waals surface area contributed by atoms with Gasteiger partial charge >= 0.3 is 41.9 Å². The summed E-state index contributed by atoms with van der Waals surface area (Å²) in [6, 6.07) is 0. The van der Waals surface area contributed by atoms with Crippen LogP contribution in [0.5, 0.6) is 0 Å². The van der Waals surface area contributed by atoms with Crippen molar-refractivity contribution in [2.24, 2.45) is 0 Å². The quantitative estimate of drug-likeness (QED) is 0.289. The summed E-state index contributed by atoms with van der Waals surface area (Å²) in [5, 5.41) is 0. The Morgan fingerprint density at radius 1 is 1.00 bits per heavy atom. The molecule has 1 aliphatic rings. The Kier molecular flexibility index (Phi) is 71.2. The normalized spacial score (nSPS) is 11.5. The van der Waals surface area contributed by atoms with Crippen molar-refractivity contribution in [1.82, 2.24) is 0 Å². The molecule has 0 unspecified atom stereocenters. The molecule has 0 saturated carbocycles. The van der Waals surface area contributed by atoms with Crippen LogP contribution in [0.3, 0.4) is 0 Å². The second-order valence-corrected chi connectivity index (χ2v) is 1.90. The van der Waals surface area contributed by atoms with Crippen LogP contribution in [0.1, 0.15) is 26.7 Å². The number of rotatable bonds is 0. The van der Waals surface area contributed by atoms with Gasteiger partial charge in [0.2, 0.25) is 0 Å². The fourth-order valence-electron chi connectivity index (χ4n) is 0.510. The summed E-state index contributed by atoms with van der Waals surface area (Å²) >= 11 is 0. The van der Waals surface area contributed by atoms with E-state index in [0.717, 1.165) is 13.2 Å². The predicted octanol–water partition coefficient (Wildman–Crippen LogP) is -7.34. The third-order valence-corrected chi connectivity index (χ3v) is 0.827. The van der Waals surface area contributed by atoms with Crippen molar-refractivity contribution >= 4 is 23.1 Å². The summed E-state index contributed by atoms with van der Waals surface area (Å²) in [4.78, 5) is 0. The minimum atomic E-state index is 0. The molecule has 0 atom stereocenters. The van der Waals surface area contributed by atoms with E-state index in [1.54, 1.807) is 0 Å². The zero-order valence-electron chi connectivity index (χ0n) is 8.28. The maximum absolute atomic E-state index is 4.94. The van der Waals surface area contributed by atoms with Crippen LogP contribution in [0.2, 0.25) is 0 Å². The van der Waals surface area contributed by atoms with Gasteiger partial charge in [0, 0.05) is 13.2 Å². The first-order valence-electron chi connectivity index (χ1n) is 3.23. The van der Waals surface area contributed by atoms with Gasteiger partial charge in [0.1, 0.15) is 0 Å². The van der Waals surface area contributed by atoms with Crippen LogP contribution in [-0.2, 0) is 4.74 Å². The Labute approximate surface area is 117 Å². The smallest absolute Gasteiger partial charge is 1.00 e. The SMILES string of the molecule is C1CCOC1.C[CH-]C.[Cl-].[Cl-].[Li+].[Mg+2]. The molecule has 12 heavy (non-hydrogen) atoms. The summed E-state index contributed by atoms with van der Waals surface area (Å²) < 4.78 is 4.94. The van der Waals surface area contributed by atoms with E-state index in [0.29, 0.717) is 0 Å². The fourth-order valence-corrected chi connectivity index (χ4v) is 0.510. The third kappa shape index (κ3) is 29.7. The van der Waals surface area contributed by atoms with Crippen LogP contribution in [0.15, 0.2) is 0 Å². The van der Waals surface area contributed by atoms with Gasteiger partial charge in [-0.15, -0.1) is 0 Å². The van der Waals surface area contributed by atoms with Crippen molar-refractivity contribution in [3.8, 4) is 0 Å². The van der Waals surface area contributed by atoms with Gasteiger partial charge in [-0.1, -0.05) is 0 Å². The Morgan fingerprint density at radius 2 is 1.25 bits per heavy atom. The predicted molar refractivity (Wildman–Crippen MR) is 41.5 cm³/mol. The number of halogens is 2. The van der Waals surface area contributed by atoms with Crippen molar-refractivity contribution in [2.75, 3.05) is 13.2 Å². The maximum Gasteiger partial charge on any atom is 2.00 e. The van der Waals surface area contributed by atoms with E-state index >= 15 is 0 Å². The Balaban J connectivity index is -0.0000000219. The van der Waals surface area contributed by atoms with Gasteiger partial charge in [-0.05, 0) is 12.8 Å². The molecule has 0 aromatic rings. The van der Waals surface area contributed by atoms with Crippen molar-refractivity contribution in [2.45, 2.75) is 26.7 Å². The first-order valence-corrected chi connectivity index (χ1v) is 3.23. The van der Waals surface area contributed by atoms with Crippen LogP contribution in [0.25, 0.3) is 0 Å². The van der Waals surface area contributed by atoms with Gasteiger partial charge < -0.3 is 36.0 Å². The number of hydrogen-bond donors (Lipinski definition) is 0. The topological polar surface area (TPSA) is 9.23 Å². The van der Waals surface area contributed by atoms with Crippen molar-refractivity contribution in [3.63, 3.8) is 0 Å². The van der Waals surface area contributed by atoms with E-state index in [4.69, 9.17) is 4.74 Å². The minimum absolute atomic E-state index is 0. The molecule has 1 nitrogen and oxygen atoms in total. The Bertz CT molecular complexity index is 40.8. The molecular weight excluding hydrogens is 202 g/mol. The van der Waals surface area contributed by atoms with E-state index in [2.05, 4.69) is 0 Å². The summed E-state index contributed by atoms with van der Waals surface area (Å²) in [5.74, 6) is 0. The first-order chi connectivity index (χ1) is 3.91. The van der Waals surface area contributed by atoms with Gasteiger partial charge in [-0.3, -0.25) is 0 Å². The van der Waals surface area contributed by atoms with Crippen molar-refractivity contribution < 1.29 is 48.4 Å². The number of hydrogen-bond acceptors (Lipinski definition) is 1. The van der Waals surface area contributed by atoms with Crippen LogP contribution in [0.4, 0.5) is 0 Å². The van der Waals surface area contributed by atoms with E-state index < -0.39 is 0 Å². The molecule has 0 aromatic carbocycles. The summed E-state index contributed by atoms with van der Waals surface area (Å²) in [5.41, 5.74) is 0. The monoisotopic (exact) mass is 216 g/mol. The average molecular weight is 217 g/mol. The number of ether oxygens (including phenoxy) is 1. The molecule has 0 bridgehead atoms. The van der Waals surface area contributed by atoms with Crippen LogP contribution < -0.4 is 43.7 Å². The molecule has 1 heterocycles. The summed E-state index contributed by atoms with van der Waals surface area (Å²) in [6.07, 6.45) is 4.56. The van der Waals surface area contributed by atoms with Gasteiger partial charge in [0.15, 0.2) is 0 Å². The Morgan fingerprint density at radius 3 is 1.33 bits per heavy atom. The maximum atomic E-state index is 4.94. The molecule has 5 heteroatoms. The molecule has 1 rings (SSSR count). The molecule has 66 valence electrons. The van der Waals surface area contributed by atoms with Gasteiger partial charge in [-0.2, -0.15) is 13.8 Å². The minimum Gasteiger partial charge on any atom is -1.00 e. The van der Waals surface area contributed by atoms with Crippen LogP contribution >= 0.6 is 0 Å². The molecule has 0 amide bonds. The summed E-state index contributed by atoms with van der Waals surface area (Å²) in [7, 11) is 0. The van der Waals surface area contributed by atoms with Gasteiger partial charge in [-0.25, -0.2) is 0 Å². The standard InChI is InChI=1S/C4H8O.C3H7.2ClH.Li.Mg/c1-2-4-5-3-1;1-3-2;;;;/h1-4H2;3H,1-2H3;2*1H;;/q;-1;;;+1;+2/p-2. The third-order valence-electron chi connectivity index (χ3n) is 0.827. The zero-order valence-corrected chi connectivity index (χ0v) is 11.2. The molecule has 0 N–H and O–H groups in total. The molecule has 1 saturated heterocycles. The first kappa shape index (κ1) is 29.2. The van der Waals surface area contributed by atoms with Crippen LogP contribution in [0, 0.1) is 6.42 Å². The van der Waals surface area contributed by atoms with Crippen molar-refractivity contribution in [3.05, 3.63) is 6.42 Å². The molecule has 1 fully saturated rings. The van der Waals surface area contributed by atoms with E-state index in [1.807, 2.05) is 20.3 Å². The van der Waals surface area contributed by atoms with Gasteiger partial charge in [0.05, 0.1) is 0 Å². The van der Waals surface area contributed by atoms with Gasteiger partial charge in [0.25, 0.3) is 0 Å². The molecule has 0 aliphatic carbocycles. The van der Waals surface area contributed by atoms with E-state index in [-0.39, 0.29) is 66.7 Å². The largest absolute Gasteiger partial charge is 2.00 e. The van der Waals surface area contributed by atoms with E-state index in [1.165, 1.54) is 12.8 Å². The average Bonchev–Trinajstić information content (AvgIpc) is 2.17. The fraction of sp³-hybridized carbons (Fsp3) is 0.857. The second-order valence-electron chi connectivity index (χ2n) is 1.90. The second kappa shape index (κ2) is 29.3. The van der Waals surface area contributed by atoms with Crippen molar-refractivity contribution in [1.29, 1.82) is 0 Å². The zero-order chi connectivity index (χ0) is 6.24. The summed E-state index contributed by atoms with van der Waals surface area (Å²) in [6.45, 7) is 6.00. The molecule has 1 aliphatic heterocycles. The molecule has 0 spiro atoms. The molecular formula is C7H15Cl2LiMgO. The molecule has 0 aromatic heterocycles. The Hall–Kier alpha value is 1.90.